The molecule has 0 bridgehead atoms. The van der Waals surface area contributed by atoms with Crippen LogP contribution in [0.5, 0.6) is 0 Å². The van der Waals surface area contributed by atoms with Crippen LogP contribution >= 0.6 is 0 Å². The number of nitrogens with one attached hydrogen (secondary N) is 1. The normalized spacial score (nSPS) is 18.0. The molecule has 27 heavy (non-hydrogen) atoms. The largest absolute Gasteiger partial charge is 0.444 e. The second-order valence-corrected chi connectivity index (χ2v) is 7.99. The Labute approximate surface area is 157 Å². The molecule has 1 saturated heterocycles. The average molecular weight is 368 g/mol. The van der Waals surface area contributed by atoms with Crippen molar-refractivity contribution in [3.63, 3.8) is 0 Å². The van der Waals surface area contributed by atoms with Gasteiger partial charge in [-0.05, 0) is 45.7 Å². The highest BCUT2D eigenvalue weighted by molar-refractivity contribution is 5.84. The monoisotopic (exact) mass is 368 g/mol. The van der Waals surface area contributed by atoms with Crippen molar-refractivity contribution in [3.8, 4) is 11.5 Å². The van der Waals surface area contributed by atoms with Crippen molar-refractivity contribution in [2.75, 3.05) is 13.1 Å². The number of piperidine rings is 1. The van der Waals surface area contributed by atoms with Gasteiger partial charge in [-0.1, -0.05) is 23.4 Å². The molecule has 1 aliphatic heterocycles. The molecule has 1 unspecified atom stereocenters. The van der Waals surface area contributed by atoms with E-state index in [2.05, 4.69) is 15.1 Å². The Morgan fingerprint density at radius 3 is 2.93 bits per heavy atom. The van der Waals surface area contributed by atoms with Gasteiger partial charge in [-0.3, -0.25) is 0 Å². The minimum Gasteiger partial charge on any atom is -0.444 e. The van der Waals surface area contributed by atoms with Gasteiger partial charge in [0.15, 0.2) is 0 Å². The number of fused-ring (bicyclic) bond motifs is 1. The number of hydrogen-bond donors (Lipinski definition) is 1. The van der Waals surface area contributed by atoms with Gasteiger partial charge in [0.25, 0.3) is 0 Å². The van der Waals surface area contributed by atoms with E-state index < -0.39 is 5.60 Å². The SMILES string of the molecule is CC(C)(C)OC(=O)N1CCCC(c2nc(-c3cc4ccccc4[nH]3)no2)C1. The van der Waals surface area contributed by atoms with Gasteiger partial charge in [-0.2, -0.15) is 4.98 Å². The maximum atomic E-state index is 12.3. The van der Waals surface area contributed by atoms with Gasteiger partial charge in [0.1, 0.15) is 5.60 Å². The predicted molar refractivity (Wildman–Crippen MR) is 101 cm³/mol. The van der Waals surface area contributed by atoms with Gasteiger partial charge >= 0.3 is 6.09 Å². The summed E-state index contributed by atoms with van der Waals surface area (Å²) < 4.78 is 11.0. The fourth-order valence-electron chi connectivity index (χ4n) is 3.38. The average Bonchev–Trinajstić information content (AvgIpc) is 3.27. The fourth-order valence-corrected chi connectivity index (χ4v) is 3.38. The molecule has 1 N–H and O–H groups in total. The lowest BCUT2D eigenvalue weighted by Crippen LogP contribution is -2.42. The minimum atomic E-state index is -0.503. The molecule has 0 aliphatic carbocycles. The lowest BCUT2D eigenvalue weighted by atomic mass is 9.98. The Hall–Kier alpha value is -2.83. The summed E-state index contributed by atoms with van der Waals surface area (Å²) in [5.41, 5.74) is 1.36. The van der Waals surface area contributed by atoms with Crippen molar-refractivity contribution < 1.29 is 14.1 Å². The van der Waals surface area contributed by atoms with E-state index in [-0.39, 0.29) is 12.0 Å². The third-order valence-electron chi connectivity index (χ3n) is 4.63. The van der Waals surface area contributed by atoms with Crippen LogP contribution in [0.3, 0.4) is 0 Å². The maximum absolute atomic E-state index is 12.3. The molecule has 7 heteroatoms. The molecular formula is C20H24N4O3. The first kappa shape index (κ1) is 17.6. The molecule has 3 heterocycles. The number of hydrogen-bond acceptors (Lipinski definition) is 5. The number of nitrogens with zero attached hydrogens (tertiary/aromatic N) is 3. The van der Waals surface area contributed by atoms with E-state index in [1.807, 2.05) is 51.1 Å². The molecule has 3 aromatic rings. The van der Waals surface area contributed by atoms with Crippen molar-refractivity contribution in [3.05, 3.63) is 36.2 Å². The summed E-state index contributed by atoms with van der Waals surface area (Å²) >= 11 is 0. The van der Waals surface area contributed by atoms with Crippen LogP contribution in [-0.2, 0) is 4.74 Å². The van der Waals surface area contributed by atoms with E-state index >= 15 is 0 Å². The molecule has 0 radical (unpaired) electrons. The number of rotatable bonds is 2. The summed E-state index contributed by atoms with van der Waals surface area (Å²) in [6.07, 6.45) is 1.50. The number of aromatic nitrogens is 3. The quantitative estimate of drug-likeness (QED) is 0.728. The van der Waals surface area contributed by atoms with Gasteiger partial charge < -0.3 is 19.1 Å². The summed E-state index contributed by atoms with van der Waals surface area (Å²) in [6.45, 7) is 6.84. The summed E-state index contributed by atoms with van der Waals surface area (Å²) in [7, 11) is 0. The second-order valence-electron chi connectivity index (χ2n) is 7.99. The first-order chi connectivity index (χ1) is 12.9. The zero-order valence-corrected chi connectivity index (χ0v) is 15.9. The van der Waals surface area contributed by atoms with E-state index in [0.717, 1.165) is 29.4 Å². The zero-order valence-electron chi connectivity index (χ0n) is 15.9. The van der Waals surface area contributed by atoms with Crippen LogP contribution in [0.2, 0.25) is 0 Å². The van der Waals surface area contributed by atoms with Crippen molar-refractivity contribution in [2.45, 2.75) is 45.1 Å². The Balaban J connectivity index is 1.50. The maximum Gasteiger partial charge on any atom is 0.410 e. The highest BCUT2D eigenvalue weighted by Gasteiger charge is 2.31. The summed E-state index contributed by atoms with van der Waals surface area (Å²) in [6, 6.07) is 10.0. The summed E-state index contributed by atoms with van der Waals surface area (Å²) in [4.78, 5) is 22.0. The minimum absolute atomic E-state index is 0.0249. The first-order valence-corrected chi connectivity index (χ1v) is 9.29. The van der Waals surface area contributed by atoms with Crippen LogP contribution in [0.1, 0.15) is 45.4 Å². The summed E-state index contributed by atoms with van der Waals surface area (Å²) in [5, 5.41) is 5.24. The number of H-pyrrole nitrogens is 1. The van der Waals surface area contributed by atoms with E-state index in [9.17, 15) is 4.79 Å². The van der Waals surface area contributed by atoms with Crippen molar-refractivity contribution in [2.24, 2.45) is 0 Å². The number of carbonyl (C=O) groups is 1. The molecule has 1 atom stereocenters. The van der Waals surface area contributed by atoms with E-state index in [1.54, 1.807) is 4.90 Å². The van der Waals surface area contributed by atoms with Crippen molar-refractivity contribution >= 4 is 17.0 Å². The van der Waals surface area contributed by atoms with Crippen LogP contribution < -0.4 is 0 Å². The van der Waals surface area contributed by atoms with Gasteiger partial charge in [0, 0.05) is 24.0 Å². The highest BCUT2D eigenvalue weighted by atomic mass is 16.6. The molecule has 142 valence electrons. The zero-order chi connectivity index (χ0) is 19.0. The number of likely N-dealkylation sites (tertiary alicyclic amines) is 1. The van der Waals surface area contributed by atoms with E-state index in [4.69, 9.17) is 9.26 Å². The first-order valence-electron chi connectivity index (χ1n) is 9.29. The molecule has 2 aromatic heterocycles. The Kier molecular flexibility index (Phi) is 4.37. The van der Waals surface area contributed by atoms with Crippen LogP contribution in [0.15, 0.2) is 34.9 Å². The topological polar surface area (TPSA) is 84.2 Å². The molecule has 0 spiro atoms. The molecule has 1 aromatic carbocycles. The van der Waals surface area contributed by atoms with Gasteiger partial charge in [0.05, 0.1) is 11.6 Å². The molecular weight excluding hydrogens is 344 g/mol. The van der Waals surface area contributed by atoms with Crippen LogP contribution in [0.4, 0.5) is 4.79 Å². The number of para-hydroxylation sites is 1. The van der Waals surface area contributed by atoms with Crippen LogP contribution in [0.25, 0.3) is 22.4 Å². The number of amides is 1. The molecule has 1 aliphatic rings. The lowest BCUT2D eigenvalue weighted by Gasteiger charge is -2.32. The number of aromatic amines is 1. The Bertz CT molecular complexity index is 920. The van der Waals surface area contributed by atoms with Crippen molar-refractivity contribution in [1.82, 2.24) is 20.0 Å². The Morgan fingerprint density at radius 1 is 1.33 bits per heavy atom. The standard InChI is InChI=1S/C20H24N4O3/c1-20(2,3)26-19(25)24-10-6-8-14(12-24)18-22-17(23-27-18)16-11-13-7-4-5-9-15(13)21-16/h4-5,7,9,11,14,21H,6,8,10,12H2,1-3H3. The van der Waals surface area contributed by atoms with E-state index in [1.165, 1.54) is 0 Å². The number of benzene rings is 1. The molecule has 1 fully saturated rings. The van der Waals surface area contributed by atoms with Crippen LogP contribution in [-0.4, -0.2) is 44.8 Å². The fraction of sp³-hybridized carbons (Fsp3) is 0.450. The third kappa shape index (κ3) is 3.82. The lowest BCUT2D eigenvalue weighted by molar-refractivity contribution is 0.0189. The molecule has 1 amide bonds. The van der Waals surface area contributed by atoms with Crippen LogP contribution in [0, 0.1) is 0 Å². The summed E-state index contributed by atoms with van der Waals surface area (Å²) in [5.74, 6) is 1.13. The highest BCUT2D eigenvalue weighted by Crippen LogP contribution is 2.29. The van der Waals surface area contributed by atoms with Gasteiger partial charge in [-0.15, -0.1) is 0 Å². The molecule has 7 nitrogen and oxygen atoms in total. The van der Waals surface area contributed by atoms with Gasteiger partial charge in [-0.25, -0.2) is 4.79 Å². The predicted octanol–water partition coefficient (Wildman–Crippen LogP) is 4.33. The van der Waals surface area contributed by atoms with E-state index in [0.29, 0.717) is 24.8 Å². The van der Waals surface area contributed by atoms with Gasteiger partial charge in [0.2, 0.25) is 11.7 Å². The molecule has 4 rings (SSSR count). The second kappa shape index (κ2) is 6.72. The smallest absolute Gasteiger partial charge is 0.410 e. The third-order valence-corrected chi connectivity index (χ3v) is 4.63. The van der Waals surface area contributed by atoms with Crippen molar-refractivity contribution in [1.29, 1.82) is 0 Å². The number of carbonyl (C=O) groups excluding carboxylic acids is 1. The molecule has 0 saturated carbocycles. The Morgan fingerprint density at radius 2 is 2.15 bits per heavy atom. The number of ether oxygens (including phenoxy) is 1.